The summed E-state index contributed by atoms with van der Waals surface area (Å²) >= 11 is 0. The monoisotopic (exact) mass is 417 g/mol. The molecule has 0 N–H and O–H groups in total. The topological polar surface area (TPSA) is 26.3 Å². The molecule has 3 nitrogen and oxygen atoms in total. The van der Waals surface area contributed by atoms with Crippen molar-refractivity contribution in [2.75, 3.05) is 33.3 Å². The molecule has 1 atom stereocenters. The van der Waals surface area contributed by atoms with Gasteiger partial charge in [-0.2, -0.15) is 0 Å². The van der Waals surface area contributed by atoms with Crippen molar-refractivity contribution in [1.82, 2.24) is 0 Å². The van der Waals surface area contributed by atoms with E-state index in [1.165, 1.54) is 103 Å². The Labute approximate surface area is 182 Å². The van der Waals surface area contributed by atoms with E-state index in [0.29, 0.717) is 6.61 Å². The van der Waals surface area contributed by atoms with Gasteiger partial charge in [-0.05, 0) is 19.8 Å². The first-order valence-electron chi connectivity index (χ1n) is 11.7. The molecule has 0 saturated heterocycles. The molecule has 0 amide bonds. The van der Waals surface area contributed by atoms with Crippen LogP contribution in [0.4, 0.5) is 0 Å². The summed E-state index contributed by atoms with van der Waals surface area (Å²) in [6.45, 7) is 11.6. The van der Waals surface area contributed by atoms with Crippen LogP contribution in [0.5, 0.6) is 0 Å². The van der Waals surface area contributed by atoms with Gasteiger partial charge in [-0.25, -0.2) is 4.79 Å². The molecular formula is C24H48ClNO2. The molecule has 0 aromatic carbocycles. The Morgan fingerprint density at radius 3 is 1.61 bits per heavy atom. The van der Waals surface area contributed by atoms with E-state index in [0.717, 1.165) is 17.6 Å². The van der Waals surface area contributed by atoms with Crippen molar-refractivity contribution in [1.29, 1.82) is 0 Å². The van der Waals surface area contributed by atoms with Crippen LogP contribution in [0.1, 0.15) is 104 Å². The average molecular weight is 418 g/mol. The zero-order valence-electron chi connectivity index (χ0n) is 19.2. The molecule has 0 rings (SSSR count). The molecule has 28 heavy (non-hydrogen) atoms. The minimum Gasteiger partial charge on any atom is -1.00 e. The molecule has 0 aliphatic carbocycles. The van der Waals surface area contributed by atoms with Gasteiger partial charge in [0.15, 0.2) is 0 Å². The predicted molar refractivity (Wildman–Crippen MR) is 118 cm³/mol. The zero-order valence-corrected chi connectivity index (χ0v) is 19.9. The highest BCUT2D eigenvalue weighted by molar-refractivity contribution is 5.81. The molecule has 1 unspecified atom stereocenters. The number of halogens is 1. The van der Waals surface area contributed by atoms with Crippen LogP contribution in [0.3, 0.4) is 0 Å². The summed E-state index contributed by atoms with van der Waals surface area (Å²) in [5, 5.41) is 0. The molecule has 0 aromatic heterocycles. The lowest BCUT2D eigenvalue weighted by Gasteiger charge is -2.33. The van der Waals surface area contributed by atoms with Gasteiger partial charge >= 0.3 is 5.97 Å². The van der Waals surface area contributed by atoms with Crippen molar-refractivity contribution in [2.24, 2.45) is 0 Å². The van der Waals surface area contributed by atoms with Crippen molar-refractivity contribution in [3.8, 4) is 0 Å². The van der Waals surface area contributed by atoms with Crippen LogP contribution in [-0.2, 0) is 9.53 Å². The quantitative estimate of drug-likeness (QED) is 0.131. The third kappa shape index (κ3) is 18.8. The van der Waals surface area contributed by atoms with Crippen molar-refractivity contribution >= 4 is 5.97 Å². The number of nitrogens with zero attached hydrogens (tertiary/aromatic N) is 1. The van der Waals surface area contributed by atoms with E-state index in [2.05, 4.69) is 27.5 Å². The van der Waals surface area contributed by atoms with Crippen LogP contribution in [0.25, 0.3) is 0 Å². The normalized spacial score (nSPS) is 12.8. The predicted octanol–water partition coefficient (Wildman–Crippen LogP) is 3.67. The molecule has 0 heterocycles. The molecule has 0 aliphatic heterocycles. The fourth-order valence-electron chi connectivity index (χ4n) is 3.54. The molecule has 0 fully saturated rings. The van der Waals surface area contributed by atoms with Gasteiger partial charge in [-0.1, -0.05) is 90.6 Å². The lowest BCUT2D eigenvalue weighted by molar-refractivity contribution is -0.908. The molecule has 0 aromatic rings. The van der Waals surface area contributed by atoms with Gasteiger partial charge in [-0.3, -0.25) is 0 Å². The first kappa shape index (κ1) is 29.7. The van der Waals surface area contributed by atoms with Gasteiger partial charge in [0, 0.05) is 6.08 Å². The Hall–Kier alpha value is -0.540. The minimum absolute atomic E-state index is 0. The number of ether oxygens (including phenoxy) is 1. The van der Waals surface area contributed by atoms with Crippen LogP contribution in [-0.4, -0.2) is 43.7 Å². The maximum absolute atomic E-state index is 11.1. The summed E-state index contributed by atoms with van der Waals surface area (Å²) in [6, 6.07) is 0. The Morgan fingerprint density at radius 1 is 0.786 bits per heavy atom. The third-order valence-electron chi connectivity index (χ3n) is 5.86. The molecule has 0 saturated carbocycles. The van der Waals surface area contributed by atoms with E-state index >= 15 is 0 Å². The van der Waals surface area contributed by atoms with Crippen LogP contribution in [0.15, 0.2) is 12.7 Å². The minimum atomic E-state index is -0.311. The fraction of sp³-hybridized carbons (Fsp3) is 0.875. The summed E-state index contributed by atoms with van der Waals surface area (Å²) in [4.78, 5) is 11.1. The summed E-state index contributed by atoms with van der Waals surface area (Å²) in [6.07, 6.45) is 20.8. The van der Waals surface area contributed by atoms with Gasteiger partial charge in [0.25, 0.3) is 0 Å². The third-order valence-corrected chi connectivity index (χ3v) is 5.86. The van der Waals surface area contributed by atoms with Crippen LogP contribution >= 0.6 is 0 Å². The summed E-state index contributed by atoms with van der Waals surface area (Å²) < 4.78 is 6.13. The number of rotatable bonds is 20. The van der Waals surface area contributed by atoms with Gasteiger partial charge < -0.3 is 21.6 Å². The molecule has 0 spiro atoms. The standard InChI is InChI=1S/C24H48NO2.ClH/c1-5-8-9-10-11-12-13-14-15-16-17-18-19-20-21-25(4,7-3)22-23-27-24(26)6-2;/h6H,2,5,7-23H2,1,3-4H3;1H/q+1;/p-1. The van der Waals surface area contributed by atoms with Crippen molar-refractivity contribution in [3.63, 3.8) is 0 Å². The Bertz CT molecular complexity index is 363. The maximum Gasteiger partial charge on any atom is 0.330 e. The molecule has 168 valence electrons. The number of hydrogen-bond acceptors (Lipinski definition) is 2. The summed E-state index contributed by atoms with van der Waals surface area (Å²) in [7, 11) is 2.27. The Kier molecular flexibility index (Phi) is 22.4. The first-order chi connectivity index (χ1) is 13.1. The van der Waals surface area contributed by atoms with E-state index < -0.39 is 0 Å². The smallest absolute Gasteiger partial charge is 0.330 e. The highest BCUT2D eigenvalue weighted by Gasteiger charge is 2.18. The van der Waals surface area contributed by atoms with Crippen molar-refractivity contribution < 1.29 is 26.4 Å². The fourth-order valence-corrected chi connectivity index (χ4v) is 3.54. The van der Waals surface area contributed by atoms with E-state index in [4.69, 9.17) is 4.74 Å². The SMILES string of the molecule is C=CC(=O)OCC[N+](C)(CC)CCCCCCCCCCCCCCCC.[Cl-]. The lowest BCUT2D eigenvalue weighted by atomic mass is 10.0. The van der Waals surface area contributed by atoms with Crippen molar-refractivity contribution in [2.45, 2.75) is 104 Å². The molecule has 0 aliphatic rings. The van der Waals surface area contributed by atoms with Gasteiger partial charge in [0.2, 0.25) is 0 Å². The Balaban J connectivity index is 0. The number of carbonyl (C=O) groups excluding carboxylic acids is 1. The molecular weight excluding hydrogens is 370 g/mol. The second-order valence-electron chi connectivity index (χ2n) is 8.35. The number of quaternary nitrogens is 1. The second-order valence-corrected chi connectivity index (χ2v) is 8.35. The largest absolute Gasteiger partial charge is 1.00 e. The van der Waals surface area contributed by atoms with Crippen LogP contribution in [0.2, 0.25) is 0 Å². The van der Waals surface area contributed by atoms with E-state index in [1.54, 1.807) is 0 Å². The second kappa shape index (κ2) is 21.2. The number of unbranched alkanes of at least 4 members (excludes halogenated alkanes) is 13. The van der Waals surface area contributed by atoms with Gasteiger partial charge in [0.05, 0.1) is 20.1 Å². The molecule has 0 radical (unpaired) electrons. The lowest BCUT2D eigenvalue weighted by Crippen LogP contribution is -3.00. The summed E-state index contributed by atoms with van der Waals surface area (Å²) in [5.41, 5.74) is 0. The van der Waals surface area contributed by atoms with Gasteiger partial charge in [0.1, 0.15) is 13.2 Å². The number of carbonyl (C=O) groups is 1. The number of esters is 1. The molecule has 0 bridgehead atoms. The van der Waals surface area contributed by atoms with Crippen molar-refractivity contribution in [3.05, 3.63) is 12.7 Å². The van der Waals surface area contributed by atoms with E-state index in [1.807, 2.05) is 0 Å². The highest BCUT2D eigenvalue weighted by Crippen LogP contribution is 2.14. The first-order valence-corrected chi connectivity index (χ1v) is 11.7. The zero-order chi connectivity index (χ0) is 20.2. The highest BCUT2D eigenvalue weighted by atomic mass is 35.5. The average Bonchev–Trinajstić information content (AvgIpc) is 2.68. The van der Waals surface area contributed by atoms with E-state index in [-0.39, 0.29) is 18.4 Å². The summed E-state index contributed by atoms with van der Waals surface area (Å²) in [5.74, 6) is -0.311. The van der Waals surface area contributed by atoms with Crippen LogP contribution in [0, 0.1) is 0 Å². The van der Waals surface area contributed by atoms with E-state index in [9.17, 15) is 4.79 Å². The van der Waals surface area contributed by atoms with Crippen LogP contribution < -0.4 is 12.4 Å². The van der Waals surface area contributed by atoms with Gasteiger partial charge in [-0.15, -0.1) is 0 Å². The number of hydrogen-bond donors (Lipinski definition) is 0. The maximum atomic E-state index is 11.1. The number of likely N-dealkylation sites (N-methyl/N-ethyl adjacent to an activating group) is 1. The molecule has 4 heteroatoms. The Morgan fingerprint density at radius 2 is 1.21 bits per heavy atom.